The van der Waals surface area contributed by atoms with Gasteiger partial charge in [-0.1, -0.05) is 48.0 Å². The Morgan fingerprint density at radius 2 is 1.79 bits per heavy atom. The molecule has 0 aromatic heterocycles. The van der Waals surface area contributed by atoms with Crippen LogP contribution in [0.2, 0.25) is 5.02 Å². The summed E-state index contributed by atoms with van der Waals surface area (Å²) in [6.07, 6.45) is 1.47. The molecule has 33 heavy (non-hydrogen) atoms. The summed E-state index contributed by atoms with van der Waals surface area (Å²) in [6, 6.07) is 16.6. The van der Waals surface area contributed by atoms with Crippen LogP contribution in [0, 0.1) is 0 Å². The molecule has 0 saturated carbocycles. The largest absolute Gasteiger partial charge is 0.454 e. The van der Waals surface area contributed by atoms with Gasteiger partial charge >= 0.3 is 5.97 Å². The molecule has 7 nitrogen and oxygen atoms in total. The molecule has 1 fully saturated rings. The van der Waals surface area contributed by atoms with Crippen molar-refractivity contribution >= 4 is 44.1 Å². The van der Waals surface area contributed by atoms with E-state index in [4.69, 9.17) is 21.1 Å². The van der Waals surface area contributed by atoms with Gasteiger partial charge in [-0.25, -0.2) is 17.9 Å². The van der Waals surface area contributed by atoms with E-state index in [1.165, 1.54) is 12.1 Å². The van der Waals surface area contributed by atoms with E-state index < -0.39 is 22.6 Å². The van der Waals surface area contributed by atoms with E-state index in [-0.39, 0.29) is 33.9 Å². The third kappa shape index (κ3) is 5.59. The van der Waals surface area contributed by atoms with Crippen LogP contribution in [-0.2, 0) is 19.5 Å². The summed E-state index contributed by atoms with van der Waals surface area (Å²) < 4.78 is 38.4. The molecule has 1 saturated heterocycles. The molecule has 0 bridgehead atoms. The number of nitrogens with one attached hydrogen (secondary N) is 1. The third-order valence-corrected chi connectivity index (χ3v) is 7.29. The summed E-state index contributed by atoms with van der Waals surface area (Å²) in [5.41, 5.74) is 0.391. The topological polar surface area (TPSA) is 98.8 Å². The monoisotopic (exact) mass is 487 g/mol. The van der Waals surface area contributed by atoms with Gasteiger partial charge in [-0.3, -0.25) is 4.79 Å². The van der Waals surface area contributed by atoms with Crippen LogP contribution in [0.25, 0.3) is 10.8 Å². The molecule has 3 aromatic carbocycles. The molecule has 0 amide bonds. The number of carbonyl (C=O) groups is 2. The van der Waals surface area contributed by atoms with E-state index in [1.54, 1.807) is 12.1 Å². The van der Waals surface area contributed by atoms with Crippen molar-refractivity contribution in [3.05, 3.63) is 76.8 Å². The number of esters is 1. The van der Waals surface area contributed by atoms with Gasteiger partial charge in [-0.05, 0) is 47.9 Å². The molecule has 1 heterocycles. The van der Waals surface area contributed by atoms with Crippen molar-refractivity contribution in [3.63, 3.8) is 0 Å². The summed E-state index contributed by atoms with van der Waals surface area (Å²) in [5, 5.41) is 1.87. The van der Waals surface area contributed by atoms with Crippen LogP contribution < -0.4 is 4.72 Å². The molecule has 1 aliphatic rings. The number of ether oxygens (including phenoxy) is 2. The molecule has 3 aromatic rings. The molecule has 9 heteroatoms. The summed E-state index contributed by atoms with van der Waals surface area (Å²) >= 11 is 6.08. The van der Waals surface area contributed by atoms with Gasteiger partial charge in [0.05, 0.1) is 16.7 Å². The molecule has 1 aliphatic heterocycles. The van der Waals surface area contributed by atoms with E-state index in [0.29, 0.717) is 12.2 Å². The number of rotatable bonds is 8. The highest BCUT2D eigenvalue weighted by Crippen LogP contribution is 2.24. The minimum absolute atomic E-state index is 0.0248. The fraction of sp³-hybridized carbons (Fsp3) is 0.250. The van der Waals surface area contributed by atoms with Gasteiger partial charge in [0.25, 0.3) is 0 Å². The number of fused-ring (bicyclic) bond motifs is 1. The van der Waals surface area contributed by atoms with Crippen LogP contribution >= 0.6 is 11.6 Å². The quantitative estimate of drug-likeness (QED) is 0.381. The van der Waals surface area contributed by atoms with Crippen molar-refractivity contribution in [1.29, 1.82) is 0 Å². The molecule has 0 aliphatic carbocycles. The molecule has 1 unspecified atom stereocenters. The van der Waals surface area contributed by atoms with Gasteiger partial charge in [-0.15, -0.1) is 0 Å². The minimum atomic E-state index is -3.97. The first-order chi connectivity index (χ1) is 15.8. The molecule has 1 atom stereocenters. The average Bonchev–Trinajstić information content (AvgIpc) is 3.35. The zero-order valence-electron chi connectivity index (χ0n) is 17.6. The zero-order valence-corrected chi connectivity index (χ0v) is 19.2. The Hall–Kier alpha value is -2.78. The number of hydrogen-bond acceptors (Lipinski definition) is 6. The Morgan fingerprint density at radius 1 is 1.03 bits per heavy atom. The van der Waals surface area contributed by atoms with Crippen molar-refractivity contribution in [2.75, 3.05) is 19.8 Å². The number of halogens is 1. The second-order valence-electron chi connectivity index (χ2n) is 7.69. The van der Waals surface area contributed by atoms with Gasteiger partial charge in [0, 0.05) is 18.7 Å². The average molecular weight is 488 g/mol. The fourth-order valence-electron chi connectivity index (χ4n) is 3.58. The van der Waals surface area contributed by atoms with Crippen LogP contribution in [0.1, 0.15) is 33.6 Å². The van der Waals surface area contributed by atoms with Crippen molar-refractivity contribution in [3.8, 4) is 0 Å². The van der Waals surface area contributed by atoms with Crippen LogP contribution in [0.15, 0.2) is 65.6 Å². The standard InChI is InChI=1S/C24H22ClNO6S/c25-21-10-9-19(13-23(21)33(29,30)26-14-20-6-3-11-31-20)24(28)32-15-22(27)18-8-7-16-4-1-2-5-17(16)12-18/h1-2,4-5,7-10,12-13,20,26H,3,6,11,14-15H2. The molecular weight excluding hydrogens is 466 g/mol. The number of hydrogen-bond donors (Lipinski definition) is 1. The minimum Gasteiger partial charge on any atom is -0.454 e. The second kappa shape index (κ2) is 10.0. The van der Waals surface area contributed by atoms with E-state index in [9.17, 15) is 18.0 Å². The molecular formula is C24H22ClNO6S. The lowest BCUT2D eigenvalue weighted by Gasteiger charge is -2.13. The zero-order chi connectivity index (χ0) is 23.4. The first kappa shape index (κ1) is 23.4. The lowest BCUT2D eigenvalue weighted by Crippen LogP contribution is -2.32. The van der Waals surface area contributed by atoms with Crippen LogP contribution in [0.5, 0.6) is 0 Å². The normalized spacial score (nSPS) is 16.1. The number of ketones is 1. The number of Topliss-reactive ketones (excluding diaryl/α,β-unsaturated/α-hetero) is 1. The van der Waals surface area contributed by atoms with Gasteiger partial charge in [0.1, 0.15) is 4.90 Å². The highest BCUT2D eigenvalue weighted by Gasteiger charge is 2.24. The summed E-state index contributed by atoms with van der Waals surface area (Å²) in [5.74, 6) is -1.19. The van der Waals surface area contributed by atoms with Gasteiger partial charge in [0.2, 0.25) is 10.0 Å². The predicted octanol–water partition coefficient (Wildman–Crippen LogP) is 3.99. The van der Waals surface area contributed by atoms with Crippen molar-refractivity contribution in [2.45, 2.75) is 23.8 Å². The third-order valence-electron chi connectivity index (χ3n) is 5.39. The van der Waals surface area contributed by atoms with E-state index in [1.807, 2.05) is 30.3 Å². The Balaban J connectivity index is 1.42. The first-order valence-corrected chi connectivity index (χ1v) is 12.3. The predicted molar refractivity (Wildman–Crippen MR) is 124 cm³/mol. The molecule has 1 N–H and O–H groups in total. The summed E-state index contributed by atoms with van der Waals surface area (Å²) in [4.78, 5) is 24.8. The maximum absolute atomic E-state index is 12.7. The Morgan fingerprint density at radius 3 is 2.55 bits per heavy atom. The maximum atomic E-state index is 12.7. The van der Waals surface area contributed by atoms with Crippen molar-refractivity contribution in [2.24, 2.45) is 0 Å². The van der Waals surface area contributed by atoms with Crippen LogP contribution in [0.3, 0.4) is 0 Å². The summed E-state index contributed by atoms with van der Waals surface area (Å²) in [6.45, 7) is 0.249. The van der Waals surface area contributed by atoms with Gasteiger partial charge < -0.3 is 9.47 Å². The molecule has 172 valence electrons. The molecule has 4 rings (SSSR count). The second-order valence-corrected chi connectivity index (χ2v) is 9.84. The lowest BCUT2D eigenvalue weighted by molar-refractivity contribution is 0.0474. The highest BCUT2D eigenvalue weighted by molar-refractivity contribution is 7.89. The molecule has 0 spiro atoms. The van der Waals surface area contributed by atoms with Crippen molar-refractivity contribution in [1.82, 2.24) is 4.72 Å². The number of carbonyl (C=O) groups excluding carboxylic acids is 2. The van der Waals surface area contributed by atoms with E-state index in [2.05, 4.69) is 4.72 Å². The first-order valence-electron chi connectivity index (χ1n) is 10.4. The Kier molecular flexibility index (Phi) is 7.09. The van der Waals surface area contributed by atoms with E-state index in [0.717, 1.165) is 29.7 Å². The number of sulfonamides is 1. The smallest absolute Gasteiger partial charge is 0.338 e. The maximum Gasteiger partial charge on any atom is 0.338 e. The van der Waals surface area contributed by atoms with Gasteiger partial charge in [0.15, 0.2) is 12.4 Å². The lowest BCUT2D eigenvalue weighted by atomic mass is 10.0. The number of benzene rings is 3. The van der Waals surface area contributed by atoms with Crippen molar-refractivity contribution < 1.29 is 27.5 Å². The fourth-order valence-corrected chi connectivity index (χ4v) is 5.17. The van der Waals surface area contributed by atoms with E-state index >= 15 is 0 Å². The van der Waals surface area contributed by atoms with Crippen LogP contribution in [-0.4, -0.2) is 46.0 Å². The SMILES string of the molecule is O=C(COC(=O)c1ccc(Cl)c(S(=O)(=O)NCC2CCCO2)c1)c1ccc2ccccc2c1. The highest BCUT2D eigenvalue weighted by atomic mass is 35.5. The van der Waals surface area contributed by atoms with Gasteiger partial charge in [-0.2, -0.15) is 0 Å². The molecule has 0 radical (unpaired) electrons. The summed E-state index contributed by atoms with van der Waals surface area (Å²) in [7, 11) is -3.97. The Labute approximate surface area is 196 Å². The van der Waals surface area contributed by atoms with Crippen LogP contribution in [0.4, 0.5) is 0 Å². The Bertz CT molecular complexity index is 1300.